The number of alkyl carbamates (subject to hydrolysis) is 1. The maximum absolute atomic E-state index is 13.4. The van der Waals surface area contributed by atoms with Crippen LogP contribution in [0.2, 0.25) is 0 Å². The zero-order chi connectivity index (χ0) is 20.6. The summed E-state index contributed by atoms with van der Waals surface area (Å²) >= 11 is 0. The van der Waals surface area contributed by atoms with Crippen molar-refractivity contribution < 1.29 is 28.2 Å². The van der Waals surface area contributed by atoms with E-state index in [1.54, 1.807) is 33.8 Å². The molecule has 0 bridgehead atoms. The Morgan fingerprint density at radius 1 is 1.26 bits per heavy atom. The van der Waals surface area contributed by atoms with Crippen molar-refractivity contribution in [3.8, 4) is 0 Å². The van der Waals surface area contributed by atoms with E-state index in [2.05, 4.69) is 10.1 Å². The lowest BCUT2D eigenvalue weighted by molar-refractivity contribution is -0.143. The number of esters is 1. The van der Waals surface area contributed by atoms with Crippen LogP contribution in [0.15, 0.2) is 24.3 Å². The summed E-state index contributed by atoms with van der Waals surface area (Å²) in [4.78, 5) is 37.3. The summed E-state index contributed by atoms with van der Waals surface area (Å²) in [6, 6.07) is 5.32. The number of nitrogens with zero attached hydrogens (tertiary/aromatic N) is 1. The van der Waals surface area contributed by atoms with Crippen molar-refractivity contribution in [1.29, 1.82) is 0 Å². The Kier molecular flexibility index (Phi) is 8.21. The Morgan fingerprint density at radius 2 is 1.93 bits per heavy atom. The van der Waals surface area contributed by atoms with E-state index >= 15 is 0 Å². The number of ether oxygens (including phenoxy) is 2. The van der Waals surface area contributed by atoms with E-state index < -0.39 is 35.4 Å². The van der Waals surface area contributed by atoms with Crippen LogP contribution in [0.3, 0.4) is 0 Å². The molecule has 0 saturated carbocycles. The molecule has 0 aliphatic rings. The van der Waals surface area contributed by atoms with Gasteiger partial charge in [-0.05, 0) is 45.4 Å². The molecule has 27 heavy (non-hydrogen) atoms. The second kappa shape index (κ2) is 9.89. The summed E-state index contributed by atoms with van der Waals surface area (Å²) in [5, 5.41) is 2.40. The summed E-state index contributed by atoms with van der Waals surface area (Å²) in [6.45, 7) is 6.59. The molecular weight excluding hydrogens is 355 g/mol. The number of hydrogen-bond acceptors (Lipinski definition) is 5. The third-order valence-corrected chi connectivity index (χ3v) is 3.57. The molecule has 150 valence electrons. The molecule has 0 fully saturated rings. The van der Waals surface area contributed by atoms with Gasteiger partial charge in [0.2, 0.25) is 5.91 Å². The van der Waals surface area contributed by atoms with Gasteiger partial charge in [0.1, 0.15) is 18.0 Å². The molecule has 1 N–H and O–H groups in total. The summed E-state index contributed by atoms with van der Waals surface area (Å²) < 4.78 is 23.2. The van der Waals surface area contributed by atoms with E-state index in [1.165, 1.54) is 30.2 Å². The van der Waals surface area contributed by atoms with Gasteiger partial charge in [-0.3, -0.25) is 9.59 Å². The van der Waals surface area contributed by atoms with Gasteiger partial charge in [-0.2, -0.15) is 0 Å². The average molecular weight is 382 g/mol. The molecule has 1 atom stereocenters. The minimum atomic E-state index is -0.720. The highest BCUT2D eigenvalue weighted by Gasteiger charge is 2.24. The van der Waals surface area contributed by atoms with Gasteiger partial charge in [-0.15, -0.1) is 0 Å². The first-order valence-corrected chi connectivity index (χ1v) is 8.59. The van der Waals surface area contributed by atoms with Gasteiger partial charge in [-0.1, -0.05) is 12.1 Å². The fourth-order valence-corrected chi connectivity index (χ4v) is 2.32. The predicted octanol–water partition coefficient (Wildman–Crippen LogP) is 2.63. The summed E-state index contributed by atoms with van der Waals surface area (Å²) in [7, 11) is 1.26. The number of halogens is 1. The van der Waals surface area contributed by atoms with Crippen molar-refractivity contribution in [3.05, 3.63) is 35.6 Å². The minimum Gasteiger partial charge on any atom is -0.469 e. The van der Waals surface area contributed by atoms with Gasteiger partial charge in [-0.25, -0.2) is 9.18 Å². The normalized spacial score (nSPS) is 12.1. The molecule has 1 aromatic carbocycles. The van der Waals surface area contributed by atoms with Crippen molar-refractivity contribution in [2.24, 2.45) is 0 Å². The third kappa shape index (κ3) is 8.52. The number of methoxy groups -OCH3 is 1. The standard InChI is InChI=1S/C19H27FN2O5/c1-13(9-17(24)26-5)22(12-14-7-6-8-15(20)10-14)16(23)11-21-18(25)27-19(2,3)4/h6-8,10,13H,9,11-12H2,1-5H3,(H,21,25). The molecular formula is C19H27FN2O5. The second-order valence-corrected chi connectivity index (χ2v) is 7.14. The maximum atomic E-state index is 13.4. The van der Waals surface area contributed by atoms with E-state index in [4.69, 9.17) is 4.74 Å². The van der Waals surface area contributed by atoms with Gasteiger partial charge >= 0.3 is 12.1 Å². The maximum Gasteiger partial charge on any atom is 0.408 e. The lowest BCUT2D eigenvalue weighted by Crippen LogP contribution is -2.45. The molecule has 1 rings (SSSR count). The molecule has 0 aliphatic carbocycles. The predicted molar refractivity (Wildman–Crippen MR) is 97.3 cm³/mol. The van der Waals surface area contributed by atoms with Crippen molar-refractivity contribution in [2.75, 3.05) is 13.7 Å². The smallest absolute Gasteiger partial charge is 0.408 e. The van der Waals surface area contributed by atoms with Crippen LogP contribution in [0.25, 0.3) is 0 Å². The Bertz CT molecular complexity index is 672. The van der Waals surface area contributed by atoms with Crippen molar-refractivity contribution in [1.82, 2.24) is 10.2 Å². The Hall–Kier alpha value is -2.64. The zero-order valence-electron chi connectivity index (χ0n) is 16.4. The molecule has 8 heteroatoms. The number of hydrogen-bond donors (Lipinski definition) is 1. The number of rotatable bonds is 7. The summed E-state index contributed by atoms with van der Waals surface area (Å²) in [5.41, 5.74) is -0.121. The van der Waals surface area contributed by atoms with Crippen LogP contribution in [-0.2, 0) is 25.6 Å². The first kappa shape index (κ1) is 22.4. The van der Waals surface area contributed by atoms with E-state index in [9.17, 15) is 18.8 Å². The van der Waals surface area contributed by atoms with Gasteiger partial charge < -0.3 is 19.7 Å². The topological polar surface area (TPSA) is 84.9 Å². The van der Waals surface area contributed by atoms with Gasteiger partial charge in [0.05, 0.1) is 13.5 Å². The van der Waals surface area contributed by atoms with E-state index in [0.717, 1.165) is 0 Å². The number of amides is 2. The molecule has 1 aromatic rings. The summed E-state index contributed by atoms with van der Waals surface area (Å²) in [6.07, 6.45) is -0.744. The van der Waals surface area contributed by atoms with Gasteiger partial charge in [0.15, 0.2) is 0 Å². The molecule has 0 aliphatic heterocycles. The van der Waals surface area contributed by atoms with Crippen molar-refractivity contribution in [3.63, 3.8) is 0 Å². The largest absolute Gasteiger partial charge is 0.469 e. The van der Waals surface area contributed by atoms with E-state index in [1.807, 2.05) is 0 Å². The fourth-order valence-electron chi connectivity index (χ4n) is 2.32. The summed E-state index contributed by atoms with van der Waals surface area (Å²) in [5.74, 6) is -1.33. The number of benzene rings is 1. The van der Waals surface area contributed by atoms with Crippen molar-refractivity contribution in [2.45, 2.75) is 52.3 Å². The van der Waals surface area contributed by atoms with Gasteiger partial charge in [0, 0.05) is 12.6 Å². The first-order chi connectivity index (χ1) is 12.5. The highest BCUT2D eigenvalue weighted by atomic mass is 19.1. The average Bonchev–Trinajstić information content (AvgIpc) is 2.55. The number of carbonyl (C=O) groups is 3. The highest BCUT2D eigenvalue weighted by Crippen LogP contribution is 2.13. The van der Waals surface area contributed by atoms with Crippen LogP contribution in [0.5, 0.6) is 0 Å². The monoisotopic (exact) mass is 382 g/mol. The Labute approximate surface area is 158 Å². The first-order valence-electron chi connectivity index (χ1n) is 8.59. The lowest BCUT2D eigenvalue weighted by Gasteiger charge is -2.29. The number of carbonyl (C=O) groups excluding carboxylic acids is 3. The SMILES string of the molecule is COC(=O)CC(C)N(Cc1cccc(F)c1)C(=O)CNC(=O)OC(C)(C)C. The molecule has 0 saturated heterocycles. The molecule has 2 amide bonds. The lowest BCUT2D eigenvalue weighted by atomic mass is 10.1. The van der Waals surface area contributed by atoms with E-state index in [-0.39, 0.29) is 19.5 Å². The molecule has 0 radical (unpaired) electrons. The van der Waals surface area contributed by atoms with Crippen LogP contribution in [0, 0.1) is 5.82 Å². The van der Waals surface area contributed by atoms with Gasteiger partial charge in [0.25, 0.3) is 0 Å². The van der Waals surface area contributed by atoms with Crippen LogP contribution < -0.4 is 5.32 Å². The number of nitrogens with one attached hydrogen (secondary N) is 1. The quantitative estimate of drug-likeness (QED) is 0.733. The molecule has 0 heterocycles. The highest BCUT2D eigenvalue weighted by molar-refractivity contribution is 5.83. The Morgan fingerprint density at radius 3 is 2.48 bits per heavy atom. The van der Waals surface area contributed by atoms with Crippen LogP contribution in [-0.4, -0.2) is 48.2 Å². The van der Waals surface area contributed by atoms with Crippen LogP contribution in [0.1, 0.15) is 39.7 Å². The molecule has 0 aromatic heterocycles. The molecule has 1 unspecified atom stereocenters. The van der Waals surface area contributed by atoms with Crippen molar-refractivity contribution >= 4 is 18.0 Å². The van der Waals surface area contributed by atoms with E-state index in [0.29, 0.717) is 5.56 Å². The Balaban J connectivity index is 2.84. The third-order valence-electron chi connectivity index (χ3n) is 3.57. The van der Waals surface area contributed by atoms with Crippen LogP contribution >= 0.6 is 0 Å². The zero-order valence-corrected chi connectivity index (χ0v) is 16.4. The second-order valence-electron chi connectivity index (χ2n) is 7.14. The molecule has 7 nitrogen and oxygen atoms in total. The molecule has 0 spiro atoms. The minimum absolute atomic E-state index is 0.0238. The fraction of sp³-hybridized carbons (Fsp3) is 0.526. The van der Waals surface area contributed by atoms with Crippen LogP contribution in [0.4, 0.5) is 9.18 Å².